The highest BCUT2D eigenvalue weighted by Gasteiger charge is 2.25. The van der Waals surface area contributed by atoms with Crippen LogP contribution in [0.15, 0.2) is 29.2 Å². The van der Waals surface area contributed by atoms with E-state index in [0.717, 1.165) is 30.7 Å². The molecule has 1 heterocycles. The Kier molecular flexibility index (Phi) is 5.14. The van der Waals surface area contributed by atoms with E-state index in [1.807, 2.05) is 17.0 Å². The number of hydrogen-bond donors (Lipinski definition) is 1. The van der Waals surface area contributed by atoms with E-state index in [1.165, 1.54) is 18.2 Å². The van der Waals surface area contributed by atoms with Gasteiger partial charge < -0.3 is 10.0 Å². The van der Waals surface area contributed by atoms with Crippen molar-refractivity contribution in [3.05, 3.63) is 24.3 Å². The van der Waals surface area contributed by atoms with Gasteiger partial charge in [0.25, 0.3) is 0 Å². The molecule has 0 spiro atoms. The summed E-state index contributed by atoms with van der Waals surface area (Å²) in [4.78, 5) is 15.1. The van der Waals surface area contributed by atoms with E-state index in [9.17, 15) is 9.90 Å². The lowest BCUT2D eigenvalue weighted by atomic mass is 10.0. The summed E-state index contributed by atoms with van der Waals surface area (Å²) in [6.45, 7) is 3.03. The zero-order valence-corrected chi connectivity index (χ0v) is 12.2. The molecule has 1 saturated heterocycles. The van der Waals surface area contributed by atoms with E-state index in [2.05, 4.69) is 6.92 Å². The third-order valence-electron chi connectivity index (χ3n) is 3.64. The molecule has 19 heavy (non-hydrogen) atoms. The lowest BCUT2D eigenvalue weighted by molar-refractivity contribution is -0.132. The summed E-state index contributed by atoms with van der Waals surface area (Å²) in [7, 11) is 0. The predicted octanol–water partition coefficient (Wildman–Crippen LogP) is 3.28. The summed E-state index contributed by atoms with van der Waals surface area (Å²) < 4.78 is 0. The number of aromatic hydroxyl groups is 1. The molecule has 104 valence electrons. The van der Waals surface area contributed by atoms with Gasteiger partial charge in [-0.25, -0.2) is 0 Å². The monoisotopic (exact) mass is 279 g/mol. The van der Waals surface area contributed by atoms with Gasteiger partial charge in [-0.3, -0.25) is 4.79 Å². The maximum atomic E-state index is 12.3. The lowest BCUT2D eigenvalue weighted by Gasteiger charge is -2.35. The normalized spacial score (nSPS) is 19.4. The highest BCUT2D eigenvalue weighted by molar-refractivity contribution is 8.00. The number of thioether (sulfide) groups is 1. The number of phenols is 1. The first kappa shape index (κ1) is 14.3. The number of amides is 1. The van der Waals surface area contributed by atoms with Gasteiger partial charge in [0, 0.05) is 17.5 Å². The average Bonchev–Trinajstić information content (AvgIpc) is 2.46. The van der Waals surface area contributed by atoms with Gasteiger partial charge >= 0.3 is 0 Å². The quantitative estimate of drug-likeness (QED) is 0.860. The molecule has 2 rings (SSSR count). The molecular formula is C15H21NO2S. The summed E-state index contributed by atoms with van der Waals surface area (Å²) >= 11 is 1.42. The Morgan fingerprint density at radius 2 is 2.21 bits per heavy atom. The first-order valence-electron chi connectivity index (χ1n) is 6.92. The predicted molar refractivity (Wildman–Crippen MR) is 78.5 cm³/mol. The summed E-state index contributed by atoms with van der Waals surface area (Å²) in [5.74, 6) is 0.861. The molecule has 0 radical (unpaired) electrons. The zero-order valence-electron chi connectivity index (χ0n) is 11.3. The van der Waals surface area contributed by atoms with Crippen LogP contribution in [0.25, 0.3) is 0 Å². The van der Waals surface area contributed by atoms with E-state index in [-0.39, 0.29) is 11.7 Å². The number of phenolic OH excluding ortho intramolecular Hbond substituents is 1. The third-order valence-corrected chi connectivity index (χ3v) is 4.68. The Balaban J connectivity index is 1.92. The zero-order chi connectivity index (χ0) is 13.7. The molecule has 1 fully saturated rings. The Bertz CT molecular complexity index is 436. The summed E-state index contributed by atoms with van der Waals surface area (Å²) in [6.07, 6.45) is 4.51. The number of benzene rings is 1. The van der Waals surface area contributed by atoms with Crippen LogP contribution in [0, 0.1) is 0 Å². The molecular weight excluding hydrogens is 258 g/mol. The first-order valence-corrected chi connectivity index (χ1v) is 7.91. The van der Waals surface area contributed by atoms with E-state index in [0.29, 0.717) is 11.8 Å². The molecule has 1 aliphatic heterocycles. The Morgan fingerprint density at radius 1 is 1.42 bits per heavy atom. The fourth-order valence-corrected chi connectivity index (χ4v) is 3.39. The van der Waals surface area contributed by atoms with Crippen LogP contribution in [-0.4, -0.2) is 34.3 Å². The average molecular weight is 279 g/mol. The molecule has 3 nitrogen and oxygen atoms in total. The van der Waals surface area contributed by atoms with Gasteiger partial charge in [-0.2, -0.15) is 0 Å². The second-order valence-corrected chi connectivity index (χ2v) is 5.92. The number of carbonyl (C=O) groups is 1. The van der Waals surface area contributed by atoms with E-state index in [1.54, 1.807) is 12.1 Å². The maximum absolute atomic E-state index is 12.3. The smallest absolute Gasteiger partial charge is 0.233 e. The minimum atomic E-state index is 0.194. The number of para-hydroxylation sites is 1. The topological polar surface area (TPSA) is 40.5 Å². The third kappa shape index (κ3) is 3.66. The van der Waals surface area contributed by atoms with Crippen molar-refractivity contribution in [2.45, 2.75) is 43.5 Å². The Labute approximate surface area is 119 Å². The van der Waals surface area contributed by atoms with Gasteiger partial charge in [-0.1, -0.05) is 19.1 Å². The standard InChI is InChI=1S/C15H21NO2S/c1-2-12-7-5-6-10-16(12)15(18)11-19-14-9-4-3-8-13(14)17/h3-4,8-9,12,17H,2,5-7,10-11H2,1H3. The number of carbonyl (C=O) groups excluding carboxylic acids is 1. The minimum Gasteiger partial charge on any atom is -0.507 e. The van der Waals surface area contributed by atoms with Crippen LogP contribution in [-0.2, 0) is 4.79 Å². The highest BCUT2D eigenvalue weighted by atomic mass is 32.2. The maximum Gasteiger partial charge on any atom is 0.233 e. The van der Waals surface area contributed by atoms with Crippen molar-refractivity contribution < 1.29 is 9.90 Å². The number of piperidine rings is 1. The molecule has 1 amide bonds. The lowest BCUT2D eigenvalue weighted by Crippen LogP contribution is -2.44. The van der Waals surface area contributed by atoms with Gasteiger partial charge in [0.2, 0.25) is 5.91 Å². The van der Waals surface area contributed by atoms with Crippen LogP contribution < -0.4 is 0 Å². The van der Waals surface area contributed by atoms with Crippen LogP contribution in [0.4, 0.5) is 0 Å². The molecule has 1 aliphatic rings. The summed E-state index contributed by atoms with van der Waals surface area (Å²) in [6, 6.07) is 7.58. The first-order chi connectivity index (χ1) is 9.22. The van der Waals surface area contributed by atoms with E-state index < -0.39 is 0 Å². The van der Waals surface area contributed by atoms with Crippen molar-refractivity contribution in [3.63, 3.8) is 0 Å². The van der Waals surface area contributed by atoms with Gasteiger partial charge in [-0.15, -0.1) is 11.8 Å². The molecule has 4 heteroatoms. The van der Waals surface area contributed by atoms with Crippen molar-refractivity contribution in [1.82, 2.24) is 4.90 Å². The number of likely N-dealkylation sites (tertiary alicyclic amines) is 1. The number of rotatable bonds is 4. The fraction of sp³-hybridized carbons (Fsp3) is 0.533. The number of hydrogen-bond acceptors (Lipinski definition) is 3. The van der Waals surface area contributed by atoms with Crippen LogP contribution in [0.5, 0.6) is 5.75 Å². The summed E-state index contributed by atoms with van der Waals surface area (Å²) in [5, 5.41) is 9.69. The Morgan fingerprint density at radius 3 is 2.95 bits per heavy atom. The number of nitrogens with zero attached hydrogens (tertiary/aromatic N) is 1. The van der Waals surface area contributed by atoms with E-state index in [4.69, 9.17) is 0 Å². The van der Waals surface area contributed by atoms with Crippen LogP contribution in [0.2, 0.25) is 0 Å². The van der Waals surface area contributed by atoms with Crippen LogP contribution in [0.3, 0.4) is 0 Å². The molecule has 1 aromatic carbocycles. The molecule has 0 aromatic heterocycles. The molecule has 1 unspecified atom stereocenters. The molecule has 0 bridgehead atoms. The summed E-state index contributed by atoms with van der Waals surface area (Å²) in [5.41, 5.74) is 0. The molecule has 1 aromatic rings. The van der Waals surface area contributed by atoms with Gasteiger partial charge in [0.15, 0.2) is 0 Å². The van der Waals surface area contributed by atoms with Crippen molar-refractivity contribution >= 4 is 17.7 Å². The van der Waals surface area contributed by atoms with Gasteiger partial charge in [-0.05, 0) is 37.8 Å². The largest absolute Gasteiger partial charge is 0.507 e. The second kappa shape index (κ2) is 6.85. The molecule has 1 N–H and O–H groups in total. The minimum absolute atomic E-state index is 0.194. The van der Waals surface area contributed by atoms with Gasteiger partial charge in [0.1, 0.15) is 5.75 Å². The Hall–Kier alpha value is -1.16. The van der Waals surface area contributed by atoms with Crippen molar-refractivity contribution in [2.75, 3.05) is 12.3 Å². The van der Waals surface area contributed by atoms with E-state index >= 15 is 0 Å². The van der Waals surface area contributed by atoms with Crippen molar-refractivity contribution in [2.24, 2.45) is 0 Å². The molecule has 0 saturated carbocycles. The highest BCUT2D eigenvalue weighted by Crippen LogP contribution is 2.28. The van der Waals surface area contributed by atoms with Crippen LogP contribution in [0.1, 0.15) is 32.6 Å². The van der Waals surface area contributed by atoms with Gasteiger partial charge in [0.05, 0.1) is 5.75 Å². The van der Waals surface area contributed by atoms with Crippen molar-refractivity contribution in [3.8, 4) is 5.75 Å². The molecule has 1 atom stereocenters. The van der Waals surface area contributed by atoms with Crippen LogP contribution >= 0.6 is 11.8 Å². The molecule has 0 aliphatic carbocycles. The fourth-order valence-electron chi connectivity index (χ4n) is 2.55. The SMILES string of the molecule is CCC1CCCCN1C(=O)CSc1ccccc1O. The second-order valence-electron chi connectivity index (χ2n) is 4.90. The van der Waals surface area contributed by atoms with Crippen molar-refractivity contribution in [1.29, 1.82) is 0 Å².